The molecule has 0 saturated carbocycles. The summed E-state index contributed by atoms with van der Waals surface area (Å²) in [6.07, 6.45) is -0.847. The van der Waals surface area contributed by atoms with E-state index >= 15 is 0 Å². The lowest BCUT2D eigenvalue weighted by molar-refractivity contribution is -0.123. The van der Waals surface area contributed by atoms with Gasteiger partial charge in [-0.1, -0.05) is 11.6 Å². The Labute approximate surface area is 140 Å². The minimum absolute atomic E-state index is 0.0472. The summed E-state index contributed by atoms with van der Waals surface area (Å²) in [5.41, 5.74) is 0.892. The standard InChI is InChI=1S/C16H20ClNO5/c1-10-7-13(3-4-14(10)17)23-9-12(19)8-18-16(20)15-11(2)21-5-6-22-15/h3-4,7,12,19H,5-6,8-9H2,1-2H3,(H,18,20). The summed E-state index contributed by atoms with van der Waals surface area (Å²) in [7, 11) is 0. The molecule has 1 aromatic rings. The van der Waals surface area contributed by atoms with Gasteiger partial charge in [0.15, 0.2) is 0 Å². The first-order valence-electron chi connectivity index (χ1n) is 7.29. The number of aliphatic hydroxyl groups is 1. The maximum Gasteiger partial charge on any atom is 0.290 e. The topological polar surface area (TPSA) is 77.0 Å². The quantitative estimate of drug-likeness (QED) is 0.824. The molecule has 1 aromatic carbocycles. The van der Waals surface area contributed by atoms with Gasteiger partial charge in [-0.25, -0.2) is 0 Å². The van der Waals surface area contributed by atoms with E-state index in [4.69, 9.17) is 25.8 Å². The van der Waals surface area contributed by atoms with Crippen molar-refractivity contribution in [1.29, 1.82) is 0 Å². The zero-order valence-corrected chi connectivity index (χ0v) is 13.9. The van der Waals surface area contributed by atoms with E-state index in [2.05, 4.69) is 5.32 Å². The Kier molecular flexibility index (Phi) is 6.12. The third-order valence-electron chi connectivity index (χ3n) is 3.24. The maximum atomic E-state index is 11.9. The summed E-state index contributed by atoms with van der Waals surface area (Å²) in [6, 6.07) is 5.24. The molecule has 1 aliphatic heterocycles. The van der Waals surface area contributed by atoms with Gasteiger partial charge in [0.1, 0.15) is 37.4 Å². The van der Waals surface area contributed by atoms with Gasteiger partial charge in [-0.15, -0.1) is 0 Å². The molecule has 0 spiro atoms. The van der Waals surface area contributed by atoms with Crippen molar-refractivity contribution in [2.45, 2.75) is 20.0 Å². The number of carbonyl (C=O) groups is 1. The number of hydrogen-bond acceptors (Lipinski definition) is 5. The first-order chi connectivity index (χ1) is 11.0. The van der Waals surface area contributed by atoms with Crippen molar-refractivity contribution >= 4 is 17.5 Å². The number of nitrogens with one attached hydrogen (secondary N) is 1. The molecule has 0 radical (unpaired) electrons. The zero-order chi connectivity index (χ0) is 16.8. The average Bonchev–Trinajstić information content (AvgIpc) is 2.54. The van der Waals surface area contributed by atoms with Crippen LogP contribution in [0, 0.1) is 6.92 Å². The van der Waals surface area contributed by atoms with Crippen molar-refractivity contribution in [3.05, 3.63) is 40.3 Å². The molecule has 0 fully saturated rings. The van der Waals surface area contributed by atoms with Crippen molar-refractivity contribution in [2.24, 2.45) is 0 Å². The first-order valence-corrected chi connectivity index (χ1v) is 7.67. The highest BCUT2D eigenvalue weighted by Crippen LogP contribution is 2.21. The number of halogens is 1. The summed E-state index contributed by atoms with van der Waals surface area (Å²) >= 11 is 5.93. The molecule has 0 saturated heterocycles. The van der Waals surface area contributed by atoms with Gasteiger partial charge in [0.05, 0.1) is 0 Å². The number of hydrogen-bond donors (Lipinski definition) is 2. The highest BCUT2D eigenvalue weighted by atomic mass is 35.5. The van der Waals surface area contributed by atoms with Gasteiger partial charge in [0.2, 0.25) is 5.76 Å². The molecule has 1 unspecified atom stereocenters. The Bertz CT molecular complexity index is 602. The number of aryl methyl sites for hydroxylation is 1. The van der Waals surface area contributed by atoms with Crippen LogP contribution < -0.4 is 10.1 Å². The smallest absolute Gasteiger partial charge is 0.290 e. The van der Waals surface area contributed by atoms with Crippen LogP contribution in [0.2, 0.25) is 5.02 Å². The van der Waals surface area contributed by atoms with E-state index in [1.165, 1.54) is 0 Å². The van der Waals surface area contributed by atoms with E-state index < -0.39 is 12.0 Å². The van der Waals surface area contributed by atoms with Crippen molar-refractivity contribution in [1.82, 2.24) is 5.32 Å². The highest BCUT2D eigenvalue weighted by molar-refractivity contribution is 6.31. The molecule has 6 nitrogen and oxygen atoms in total. The fourth-order valence-electron chi connectivity index (χ4n) is 1.98. The minimum atomic E-state index is -0.847. The van der Waals surface area contributed by atoms with Crippen LogP contribution in [0.15, 0.2) is 29.7 Å². The number of aliphatic hydroxyl groups excluding tert-OH is 1. The van der Waals surface area contributed by atoms with Crippen LogP contribution in [0.3, 0.4) is 0 Å². The van der Waals surface area contributed by atoms with E-state index in [-0.39, 0.29) is 18.9 Å². The van der Waals surface area contributed by atoms with Crippen molar-refractivity contribution in [3.63, 3.8) is 0 Å². The zero-order valence-electron chi connectivity index (χ0n) is 13.1. The summed E-state index contributed by atoms with van der Waals surface area (Å²) in [6.45, 7) is 4.40. The third-order valence-corrected chi connectivity index (χ3v) is 3.67. The molecule has 0 aliphatic carbocycles. The number of amides is 1. The largest absolute Gasteiger partial charge is 0.491 e. The lowest BCUT2D eigenvalue weighted by Crippen LogP contribution is -2.37. The van der Waals surface area contributed by atoms with E-state index in [0.717, 1.165) is 5.56 Å². The summed E-state index contributed by atoms with van der Waals surface area (Å²) < 4.78 is 16.0. The summed E-state index contributed by atoms with van der Waals surface area (Å²) in [5, 5.41) is 13.1. The van der Waals surface area contributed by atoms with E-state index in [1.807, 2.05) is 6.92 Å². The van der Waals surface area contributed by atoms with Crippen LogP contribution in [-0.4, -0.2) is 43.5 Å². The minimum Gasteiger partial charge on any atom is -0.491 e. The van der Waals surface area contributed by atoms with Gasteiger partial charge >= 0.3 is 0 Å². The van der Waals surface area contributed by atoms with Crippen LogP contribution in [0.1, 0.15) is 12.5 Å². The second-order valence-corrected chi connectivity index (χ2v) is 5.58. The Morgan fingerprint density at radius 1 is 1.39 bits per heavy atom. The van der Waals surface area contributed by atoms with Crippen molar-refractivity contribution in [2.75, 3.05) is 26.4 Å². The Hall–Kier alpha value is -1.92. The highest BCUT2D eigenvalue weighted by Gasteiger charge is 2.20. The third kappa shape index (κ3) is 5.04. The lowest BCUT2D eigenvalue weighted by Gasteiger charge is -2.20. The Morgan fingerprint density at radius 3 is 2.83 bits per heavy atom. The molecule has 1 heterocycles. The number of ether oxygens (including phenoxy) is 3. The molecular formula is C16H20ClNO5. The van der Waals surface area contributed by atoms with Gasteiger partial charge in [0.25, 0.3) is 5.91 Å². The van der Waals surface area contributed by atoms with E-state index in [0.29, 0.717) is 29.7 Å². The SMILES string of the molecule is CC1=C(C(=O)NCC(O)COc2ccc(Cl)c(C)c2)OCCO1. The number of carbonyl (C=O) groups excluding carboxylic acids is 1. The van der Waals surface area contributed by atoms with Crippen LogP contribution in [-0.2, 0) is 14.3 Å². The van der Waals surface area contributed by atoms with Crippen molar-refractivity contribution < 1.29 is 24.1 Å². The van der Waals surface area contributed by atoms with E-state index in [1.54, 1.807) is 25.1 Å². The first kappa shape index (κ1) is 17.4. The van der Waals surface area contributed by atoms with Crippen molar-refractivity contribution in [3.8, 4) is 5.75 Å². The molecule has 1 aliphatic rings. The fraction of sp³-hybridized carbons (Fsp3) is 0.438. The normalized spacial score (nSPS) is 15.5. The Morgan fingerprint density at radius 2 is 2.13 bits per heavy atom. The molecule has 2 rings (SSSR count). The van der Waals surface area contributed by atoms with Gasteiger partial charge < -0.3 is 24.6 Å². The molecule has 1 amide bonds. The van der Waals surface area contributed by atoms with Crippen LogP contribution >= 0.6 is 11.6 Å². The number of allylic oxidation sites excluding steroid dienone is 1. The van der Waals surface area contributed by atoms with Crippen LogP contribution in [0.25, 0.3) is 0 Å². The molecule has 1 atom stereocenters. The molecular weight excluding hydrogens is 322 g/mol. The van der Waals surface area contributed by atoms with Gasteiger partial charge in [-0.2, -0.15) is 0 Å². The number of benzene rings is 1. The van der Waals surface area contributed by atoms with Crippen LogP contribution in [0.5, 0.6) is 5.75 Å². The molecule has 2 N–H and O–H groups in total. The molecule has 7 heteroatoms. The second-order valence-electron chi connectivity index (χ2n) is 5.17. The van der Waals surface area contributed by atoms with E-state index in [9.17, 15) is 9.90 Å². The van der Waals surface area contributed by atoms with Crippen LogP contribution in [0.4, 0.5) is 0 Å². The predicted octanol–water partition coefficient (Wildman–Crippen LogP) is 1.78. The average molecular weight is 342 g/mol. The molecule has 0 aromatic heterocycles. The lowest BCUT2D eigenvalue weighted by atomic mass is 10.2. The van der Waals surface area contributed by atoms with Gasteiger partial charge in [-0.05, 0) is 37.6 Å². The van der Waals surface area contributed by atoms with Gasteiger partial charge in [-0.3, -0.25) is 4.79 Å². The Balaban J connectivity index is 1.77. The molecule has 0 bridgehead atoms. The maximum absolute atomic E-state index is 11.9. The number of rotatable bonds is 6. The summed E-state index contributed by atoms with van der Waals surface area (Å²) in [5.74, 6) is 0.789. The molecule has 126 valence electrons. The second kappa shape index (κ2) is 8.08. The monoisotopic (exact) mass is 341 g/mol. The van der Waals surface area contributed by atoms with Gasteiger partial charge in [0, 0.05) is 11.6 Å². The summed E-state index contributed by atoms with van der Waals surface area (Å²) in [4.78, 5) is 11.9. The molecule has 23 heavy (non-hydrogen) atoms. The predicted molar refractivity (Wildman–Crippen MR) is 85.3 cm³/mol. The fourth-order valence-corrected chi connectivity index (χ4v) is 2.10.